The summed E-state index contributed by atoms with van der Waals surface area (Å²) < 4.78 is 34.5. The molecule has 1 aliphatic heterocycles. The van der Waals surface area contributed by atoms with Crippen molar-refractivity contribution < 1.29 is 38.3 Å². The Labute approximate surface area is 193 Å². The van der Waals surface area contributed by atoms with Crippen molar-refractivity contribution in [2.45, 2.75) is 33.8 Å². The van der Waals surface area contributed by atoms with Gasteiger partial charge in [-0.25, -0.2) is 4.79 Å². The maximum Gasteiger partial charge on any atom is 0.340 e. The highest BCUT2D eigenvalue weighted by molar-refractivity contribution is 5.99. The Morgan fingerprint density at radius 1 is 0.939 bits per heavy atom. The average Bonchev–Trinajstić information content (AvgIpc) is 2.80. The number of phenols is 1. The fraction of sp³-hybridized carbons (Fsp3) is 0.400. The van der Waals surface area contributed by atoms with E-state index in [0.29, 0.717) is 54.8 Å². The van der Waals surface area contributed by atoms with Gasteiger partial charge < -0.3 is 33.5 Å². The number of phenolic OH excluding ortho intramolecular Hbond substituents is 1. The SMILES string of the molecule is CCOc1cc(OCC)c2c(c1)OC(c1ccc(O)c(OCC)c1)=C(C(=O)OC)C2OCC. The fourth-order valence-electron chi connectivity index (χ4n) is 3.66. The van der Waals surface area contributed by atoms with Crippen molar-refractivity contribution in [1.29, 1.82) is 0 Å². The van der Waals surface area contributed by atoms with Crippen molar-refractivity contribution in [2.24, 2.45) is 0 Å². The van der Waals surface area contributed by atoms with Crippen molar-refractivity contribution in [3.05, 3.63) is 47.0 Å². The number of rotatable bonds is 10. The second-order valence-corrected chi connectivity index (χ2v) is 6.99. The summed E-state index contributed by atoms with van der Waals surface area (Å²) in [4.78, 5) is 13.0. The van der Waals surface area contributed by atoms with Gasteiger partial charge in [-0.2, -0.15) is 0 Å². The third-order valence-corrected chi connectivity index (χ3v) is 4.93. The smallest absolute Gasteiger partial charge is 0.340 e. The monoisotopic (exact) mass is 458 g/mol. The molecule has 2 aromatic rings. The van der Waals surface area contributed by atoms with Crippen LogP contribution in [0.5, 0.6) is 28.7 Å². The van der Waals surface area contributed by atoms with Crippen LogP contribution in [-0.4, -0.2) is 44.6 Å². The number of carbonyl (C=O) groups is 1. The van der Waals surface area contributed by atoms with Gasteiger partial charge in [-0.05, 0) is 45.9 Å². The molecule has 0 aliphatic carbocycles. The van der Waals surface area contributed by atoms with E-state index in [9.17, 15) is 9.90 Å². The van der Waals surface area contributed by atoms with E-state index < -0.39 is 12.1 Å². The van der Waals surface area contributed by atoms with E-state index in [0.717, 1.165) is 0 Å². The van der Waals surface area contributed by atoms with Gasteiger partial charge >= 0.3 is 5.97 Å². The second kappa shape index (κ2) is 11.0. The molecule has 0 radical (unpaired) electrons. The Bertz CT molecular complexity index is 1030. The Morgan fingerprint density at radius 3 is 2.27 bits per heavy atom. The van der Waals surface area contributed by atoms with E-state index >= 15 is 0 Å². The van der Waals surface area contributed by atoms with Gasteiger partial charge in [0.1, 0.15) is 34.7 Å². The molecule has 8 nitrogen and oxygen atoms in total. The molecule has 0 saturated heterocycles. The summed E-state index contributed by atoms with van der Waals surface area (Å²) in [6.07, 6.45) is -0.803. The van der Waals surface area contributed by atoms with Crippen LogP contribution in [0.3, 0.4) is 0 Å². The van der Waals surface area contributed by atoms with Crippen LogP contribution in [0.15, 0.2) is 35.9 Å². The largest absolute Gasteiger partial charge is 0.504 e. The first-order valence-corrected chi connectivity index (χ1v) is 11.0. The van der Waals surface area contributed by atoms with Gasteiger partial charge in [-0.15, -0.1) is 0 Å². The van der Waals surface area contributed by atoms with Gasteiger partial charge in [0.2, 0.25) is 0 Å². The molecule has 0 saturated carbocycles. The minimum atomic E-state index is -0.803. The Balaban J connectivity index is 2.27. The number of hydrogen-bond acceptors (Lipinski definition) is 8. The summed E-state index contributed by atoms with van der Waals surface area (Å²) in [7, 11) is 1.30. The normalized spacial score (nSPS) is 14.9. The number of aromatic hydroxyl groups is 1. The number of methoxy groups -OCH3 is 1. The van der Waals surface area contributed by atoms with Crippen molar-refractivity contribution in [3.8, 4) is 28.7 Å². The maximum absolute atomic E-state index is 13.0. The lowest BCUT2D eigenvalue weighted by atomic mass is 9.93. The van der Waals surface area contributed by atoms with Crippen LogP contribution >= 0.6 is 0 Å². The molecule has 33 heavy (non-hydrogen) atoms. The lowest BCUT2D eigenvalue weighted by Gasteiger charge is -2.31. The van der Waals surface area contributed by atoms with Gasteiger partial charge in [-0.1, -0.05) is 0 Å². The topological polar surface area (TPSA) is 92.7 Å². The zero-order valence-electron chi connectivity index (χ0n) is 19.6. The summed E-state index contributed by atoms with van der Waals surface area (Å²) in [6.45, 7) is 8.96. The molecule has 0 amide bonds. The predicted molar refractivity (Wildman–Crippen MR) is 122 cm³/mol. The number of benzene rings is 2. The van der Waals surface area contributed by atoms with E-state index in [1.54, 1.807) is 24.3 Å². The summed E-state index contributed by atoms with van der Waals surface area (Å²) in [5, 5.41) is 10.1. The van der Waals surface area contributed by atoms with E-state index in [1.165, 1.54) is 13.2 Å². The molecule has 1 atom stereocenters. The summed E-state index contributed by atoms with van der Waals surface area (Å²) in [6, 6.07) is 8.24. The molecule has 178 valence electrons. The predicted octanol–water partition coefficient (Wildman–Crippen LogP) is 4.64. The van der Waals surface area contributed by atoms with Gasteiger partial charge in [0, 0.05) is 24.3 Å². The highest BCUT2D eigenvalue weighted by atomic mass is 16.5. The molecule has 1 unspecified atom stereocenters. The van der Waals surface area contributed by atoms with Crippen molar-refractivity contribution in [2.75, 3.05) is 33.5 Å². The Morgan fingerprint density at radius 2 is 1.64 bits per heavy atom. The first-order chi connectivity index (χ1) is 16.0. The Kier molecular flexibility index (Phi) is 8.06. The maximum atomic E-state index is 13.0. The number of hydrogen-bond donors (Lipinski definition) is 1. The molecule has 2 aromatic carbocycles. The van der Waals surface area contributed by atoms with Crippen LogP contribution in [0.25, 0.3) is 5.76 Å². The van der Waals surface area contributed by atoms with Gasteiger partial charge in [0.25, 0.3) is 0 Å². The molecule has 0 spiro atoms. The first-order valence-electron chi connectivity index (χ1n) is 11.0. The lowest BCUT2D eigenvalue weighted by molar-refractivity contribution is -0.137. The Hall–Kier alpha value is -3.39. The van der Waals surface area contributed by atoms with Crippen molar-refractivity contribution in [3.63, 3.8) is 0 Å². The summed E-state index contributed by atoms with van der Waals surface area (Å²) in [5.74, 6) is 1.40. The van der Waals surface area contributed by atoms with E-state index in [1.807, 2.05) is 27.7 Å². The summed E-state index contributed by atoms with van der Waals surface area (Å²) in [5.41, 5.74) is 1.28. The number of fused-ring (bicyclic) bond motifs is 1. The van der Waals surface area contributed by atoms with Crippen LogP contribution in [0.2, 0.25) is 0 Å². The third-order valence-electron chi connectivity index (χ3n) is 4.93. The van der Waals surface area contributed by atoms with Crippen LogP contribution in [0, 0.1) is 0 Å². The molecule has 0 aromatic heterocycles. The van der Waals surface area contributed by atoms with E-state index in [-0.39, 0.29) is 22.8 Å². The number of carbonyl (C=O) groups excluding carboxylic acids is 1. The molecule has 1 aliphatic rings. The van der Waals surface area contributed by atoms with Gasteiger partial charge in [-0.3, -0.25) is 0 Å². The minimum absolute atomic E-state index is 0.0179. The number of ether oxygens (including phenoxy) is 6. The van der Waals surface area contributed by atoms with Gasteiger partial charge in [0.05, 0.1) is 32.5 Å². The second-order valence-electron chi connectivity index (χ2n) is 6.99. The zero-order valence-corrected chi connectivity index (χ0v) is 19.6. The molecule has 1 heterocycles. The number of esters is 1. The van der Waals surface area contributed by atoms with Crippen LogP contribution in [0.4, 0.5) is 0 Å². The van der Waals surface area contributed by atoms with Crippen molar-refractivity contribution >= 4 is 11.7 Å². The van der Waals surface area contributed by atoms with E-state index in [4.69, 9.17) is 28.4 Å². The first kappa shape index (κ1) is 24.3. The molecule has 1 N–H and O–H groups in total. The third kappa shape index (κ3) is 5.01. The molecular weight excluding hydrogens is 428 g/mol. The summed E-state index contributed by atoms with van der Waals surface area (Å²) >= 11 is 0. The van der Waals surface area contributed by atoms with E-state index in [2.05, 4.69) is 0 Å². The average molecular weight is 459 g/mol. The molecule has 8 heteroatoms. The van der Waals surface area contributed by atoms with Crippen LogP contribution in [0.1, 0.15) is 44.9 Å². The lowest BCUT2D eigenvalue weighted by Crippen LogP contribution is -2.24. The molecule has 0 bridgehead atoms. The van der Waals surface area contributed by atoms with Crippen LogP contribution in [-0.2, 0) is 14.3 Å². The van der Waals surface area contributed by atoms with Gasteiger partial charge in [0.15, 0.2) is 11.5 Å². The molecule has 0 fully saturated rings. The highest BCUT2D eigenvalue weighted by Crippen LogP contribution is 2.50. The quantitative estimate of drug-likeness (QED) is 0.515. The zero-order chi connectivity index (χ0) is 24.0. The molecular formula is C25H30O8. The van der Waals surface area contributed by atoms with Crippen LogP contribution < -0.4 is 18.9 Å². The standard InChI is InChI=1S/C25H30O8/c1-6-29-16-13-19(31-8-3)21-20(14-16)33-23(22(25(27)28-5)24(21)32-9-4)15-10-11-17(26)18(12-15)30-7-2/h10-14,24,26H,6-9H2,1-5H3. The minimum Gasteiger partial charge on any atom is -0.504 e. The fourth-order valence-corrected chi connectivity index (χ4v) is 3.66. The van der Waals surface area contributed by atoms with Crippen molar-refractivity contribution in [1.82, 2.24) is 0 Å². The highest BCUT2D eigenvalue weighted by Gasteiger charge is 2.39. The molecule has 3 rings (SSSR count).